The van der Waals surface area contributed by atoms with Crippen molar-refractivity contribution in [3.63, 3.8) is 0 Å². The van der Waals surface area contributed by atoms with Crippen molar-refractivity contribution < 1.29 is 0 Å². The molecule has 0 radical (unpaired) electrons. The summed E-state index contributed by atoms with van der Waals surface area (Å²) in [6, 6.07) is 95.0. The first-order valence-corrected chi connectivity index (χ1v) is 24.9. The van der Waals surface area contributed by atoms with Gasteiger partial charge in [0.1, 0.15) is 0 Å². The molecule has 1 aliphatic rings. The molecule has 1 aliphatic carbocycles. The lowest BCUT2D eigenvalue weighted by Crippen LogP contribution is -2.15. The van der Waals surface area contributed by atoms with Crippen LogP contribution in [-0.4, -0.2) is 0 Å². The molecule has 0 heteroatoms. The second-order valence-electron chi connectivity index (χ2n) is 19.9. The van der Waals surface area contributed by atoms with E-state index in [0.717, 1.165) is 0 Å². The number of fused-ring (bicyclic) bond motifs is 8. The van der Waals surface area contributed by atoms with Gasteiger partial charge in [-0.05, 0) is 167 Å². The van der Waals surface area contributed by atoms with Crippen LogP contribution in [0.1, 0.15) is 25.0 Å². The van der Waals surface area contributed by atoms with Crippen molar-refractivity contribution in [3.05, 3.63) is 266 Å². The SMILES string of the molecule is CC1(C)c2cc(-c3ccc4ccccc4c3)ccc2-c2ccc(-c3c4ccccc4c(-c4ccc(-c5c6ccccc6c(-c6ccccc6)c6cc(-c7ccccc7)ccc56)cc4)c4ccccc34)cc21. The number of hydrogen-bond acceptors (Lipinski definition) is 0. The Kier molecular flexibility index (Phi) is 9.35. The first-order chi connectivity index (χ1) is 35.0. The summed E-state index contributed by atoms with van der Waals surface area (Å²) in [5.41, 5.74) is 20.2. The summed E-state index contributed by atoms with van der Waals surface area (Å²) in [6.07, 6.45) is 0. The van der Waals surface area contributed by atoms with Gasteiger partial charge >= 0.3 is 0 Å². The third kappa shape index (κ3) is 6.52. The Morgan fingerprint density at radius 3 is 1.10 bits per heavy atom. The Hall–Kier alpha value is -8.84. The van der Waals surface area contributed by atoms with E-state index in [4.69, 9.17) is 0 Å². The minimum absolute atomic E-state index is 0.177. The van der Waals surface area contributed by atoms with Gasteiger partial charge in [-0.2, -0.15) is 0 Å². The summed E-state index contributed by atoms with van der Waals surface area (Å²) >= 11 is 0. The Morgan fingerprint density at radius 2 is 0.549 bits per heavy atom. The van der Waals surface area contributed by atoms with E-state index in [1.54, 1.807) is 0 Å². The third-order valence-corrected chi connectivity index (χ3v) is 15.6. The van der Waals surface area contributed by atoms with E-state index in [0.29, 0.717) is 0 Å². The van der Waals surface area contributed by atoms with Crippen LogP contribution in [0.25, 0.3) is 132 Å². The summed E-state index contributed by atoms with van der Waals surface area (Å²) in [6.45, 7) is 4.81. The second-order valence-corrected chi connectivity index (χ2v) is 19.9. The maximum Gasteiger partial charge on any atom is 0.0159 e. The predicted molar refractivity (Wildman–Crippen MR) is 304 cm³/mol. The fourth-order valence-corrected chi connectivity index (χ4v) is 12.2. The number of rotatable bonds is 6. The van der Waals surface area contributed by atoms with Crippen molar-refractivity contribution in [2.45, 2.75) is 19.3 Å². The van der Waals surface area contributed by atoms with Crippen LogP contribution in [0.3, 0.4) is 0 Å². The Labute approximate surface area is 414 Å². The summed E-state index contributed by atoms with van der Waals surface area (Å²) in [4.78, 5) is 0. The van der Waals surface area contributed by atoms with E-state index in [2.05, 4.69) is 269 Å². The van der Waals surface area contributed by atoms with Crippen LogP contribution in [-0.2, 0) is 5.41 Å². The third-order valence-electron chi connectivity index (χ3n) is 15.6. The molecule has 0 N–H and O–H groups in total. The first-order valence-electron chi connectivity index (χ1n) is 24.9. The Morgan fingerprint density at radius 1 is 0.211 bits per heavy atom. The van der Waals surface area contributed by atoms with Gasteiger partial charge in [0, 0.05) is 5.41 Å². The molecule has 14 rings (SSSR count). The highest BCUT2D eigenvalue weighted by Crippen LogP contribution is 2.53. The molecule has 0 atom stereocenters. The van der Waals surface area contributed by atoms with Crippen LogP contribution in [0.5, 0.6) is 0 Å². The van der Waals surface area contributed by atoms with E-state index in [1.165, 1.54) is 143 Å². The lowest BCUT2D eigenvalue weighted by molar-refractivity contribution is 0.661. The molecular formula is C71H48. The summed E-state index contributed by atoms with van der Waals surface area (Å²) in [7, 11) is 0. The van der Waals surface area contributed by atoms with Gasteiger partial charge in [0.25, 0.3) is 0 Å². The zero-order valence-electron chi connectivity index (χ0n) is 39.7. The number of hydrogen-bond donors (Lipinski definition) is 0. The molecule has 0 bridgehead atoms. The summed E-state index contributed by atoms with van der Waals surface area (Å²) in [5.74, 6) is 0. The van der Waals surface area contributed by atoms with Crippen LogP contribution >= 0.6 is 0 Å². The van der Waals surface area contributed by atoms with E-state index < -0.39 is 0 Å². The Balaban J connectivity index is 0.898. The molecule has 0 nitrogen and oxygen atoms in total. The topological polar surface area (TPSA) is 0 Å². The molecule has 13 aromatic rings. The van der Waals surface area contributed by atoms with Crippen LogP contribution < -0.4 is 0 Å². The molecular weight excluding hydrogens is 853 g/mol. The van der Waals surface area contributed by atoms with Crippen molar-refractivity contribution in [2.24, 2.45) is 0 Å². The number of benzene rings is 13. The van der Waals surface area contributed by atoms with Gasteiger partial charge in [0.2, 0.25) is 0 Å². The maximum atomic E-state index is 2.49. The van der Waals surface area contributed by atoms with Gasteiger partial charge in [-0.1, -0.05) is 244 Å². The molecule has 0 aromatic heterocycles. The minimum Gasteiger partial charge on any atom is -0.0622 e. The molecule has 0 aliphatic heterocycles. The van der Waals surface area contributed by atoms with Crippen molar-refractivity contribution in [1.82, 2.24) is 0 Å². The van der Waals surface area contributed by atoms with E-state index in [9.17, 15) is 0 Å². The Bertz CT molecular complexity index is 4210. The van der Waals surface area contributed by atoms with Crippen LogP contribution in [0, 0.1) is 0 Å². The van der Waals surface area contributed by atoms with Crippen molar-refractivity contribution in [2.75, 3.05) is 0 Å². The molecule has 0 heterocycles. The average Bonchev–Trinajstić information content (AvgIpc) is 3.66. The molecule has 0 saturated carbocycles. The highest BCUT2D eigenvalue weighted by Gasteiger charge is 2.36. The van der Waals surface area contributed by atoms with Gasteiger partial charge in [0.05, 0.1) is 0 Å². The van der Waals surface area contributed by atoms with Crippen LogP contribution in [0.2, 0.25) is 0 Å². The molecule has 0 unspecified atom stereocenters. The molecule has 0 amide bonds. The zero-order chi connectivity index (χ0) is 47.2. The van der Waals surface area contributed by atoms with Gasteiger partial charge in [0.15, 0.2) is 0 Å². The molecule has 0 saturated heterocycles. The monoisotopic (exact) mass is 900 g/mol. The average molecular weight is 901 g/mol. The van der Waals surface area contributed by atoms with Crippen LogP contribution in [0.15, 0.2) is 255 Å². The van der Waals surface area contributed by atoms with Gasteiger partial charge in [-0.3, -0.25) is 0 Å². The maximum absolute atomic E-state index is 2.49. The fraction of sp³-hybridized carbons (Fsp3) is 0.0423. The van der Waals surface area contributed by atoms with Crippen molar-refractivity contribution in [3.8, 4) is 77.9 Å². The van der Waals surface area contributed by atoms with Gasteiger partial charge < -0.3 is 0 Å². The molecule has 71 heavy (non-hydrogen) atoms. The van der Waals surface area contributed by atoms with Crippen molar-refractivity contribution in [1.29, 1.82) is 0 Å². The minimum atomic E-state index is -0.177. The van der Waals surface area contributed by atoms with E-state index in [-0.39, 0.29) is 5.41 Å². The highest BCUT2D eigenvalue weighted by atomic mass is 14.4. The van der Waals surface area contributed by atoms with E-state index >= 15 is 0 Å². The van der Waals surface area contributed by atoms with Gasteiger partial charge in [-0.15, -0.1) is 0 Å². The molecule has 13 aromatic carbocycles. The lowest BCUT2D eigenvalue weighted by Gasteiger charge is -2.23. The normalized spacial score (nSPS) is 12.8. The van der Waals surface area contributed by atoms with Crippen LogP contribution in [0.4, 0.5) is 0 Å². The molecule has 332 valence electrons. The molecule has 0 spiro atoms. The summed E-state index contributed by atoms with van der Waals surface area (Å²) in [5, 5.41) is 12.6. The quantitative estimate of drug-likeness (QED) is 0.146. The zero-order valence-corrected chi connectivity index (χ0v) is 39.7. The van der Waals surface area contributed by atoms with Gasteiger partial charge in [-0.25, -0.2) is 0 Å². The first kappa shape index (κ1) is 41.2. The molecule has 0 fully saturated rings. The smallest absolute Gasteiger partial charge is 0.0159 e. The predicted octanol–water partition coefficient (Wildman–Crippen LogP) is 19.8. The second kappa shape index (κ2) is 16.1. The standard InChI is InChI=1S/C71H48/c1-71(2)65-43-53(51-34-29-46-19-9-10-22-50(46)41-51)35-38-55(65)56-39-37-54(44-66(56)71)70-61-27-15-12-24-58(61)67(59-25-13-16-28-62(59)70)48-30-32-49(33-31-48)68-57-23-11-14-26-60(57)69(47-20-7-4-8-21-47)64-42-52(36-40-63(64)68)45-17-5-3-6-18-45/h3-44H,1-2H3. The lowest BCUT2D eigenvalue weighted by atomic mass is 9.80. The van der Waals surface area contributed by atoms with Crippen molar-refractivity contribution >= 4 is 53.9 Å². The highest BCUT2D eigenvalue weighted by molar-refractivity contribution is 6.23. The fourth-order valence-electron chi connectivity index (χ4n) is 12.2. The largest absolute Gasteiger partial charge is 0.0622 e. The van der Waals surface area contributed by atoms with E-state index in [1.807, 2.05) is 0 Å². The summed E-state index contributed by atoms with van der Waals surface area (Å²) < 4.78 is 0.